The Morgan fingerprint density at radius 2 is 1.60 bits per heavy atom. The third-order valence-corrected chi connectivity index (χ3v) is 3.35. The Bertz CT molecular complexity index is 571. The summed E-state index contributed by atoms with van der Waals surface area (Å²) in [5.74, 6) is 1.61. The molecule has 0 saturated heterocycles. The molecule has 0 saturated carbocycles. The maximum absolute atomic E-state index is 5.34. The summed E-state index contributed by atoms with van der Waals surface area (Å²) in [6.45, 7) is 2.97. The lowest BCUT2D eigenvalue weighted by Gasteiger charge is -2.12. The Labute approximate surface area is 120 Å². The van der Waals surface area contributed by atoms with Crippen LogP contribution in [-0.2, 0) is 6.54 Å². The first-order valence-electron chi connectivity index (χ1n) is 6.65. The van der Waals surface area contributed by atoms with Crippen LogP contribution in [0.4, 0.5) is 0 Å². The topological polar surface area (TPSA) is 30.5 Å². The minimum Gasteiger partial charge on any atom is -0.497 e. The van der Waals surface area contributed by atoms with Crippen molar-refractivity contribution in [2.75, 3.05) is 21.3 Å². The highest BCUT2D eigenvalue weighted by molar-refractivity contribution is 5.71. The average Bonchev–Trinajstić information content (AvgIpc) is 2.48. The fraction of sp³-hybridized carbons (Fsp3) is 0.294. The lowest BCUT2D eigenvalue weighted by Crippen LogP contribution is -2.05. The fourth-order valence-corrected chi connectivity index (χ4v) is 2.26. The molecule has 20 heavy (non-hydrogen) atoms. The first kappa shape index (κ1) is 14.4. The zero-order chi connectivity index (χ0) is 14.5. The molecule has 0 unspecified atom stereocenters. The largest absolute Gasteiger partial charge is 0.497 e. The van der Waals surface area contributed by atoms with Gasteiger partial charge >= 0.3 is 0 Å². The summed E-state index contributed by atoms with van der Waals surface area (Å²) in [7, 11) is 5.29. The molecule has 2 aromatic carbocycles. The number of aryl methyl sites for hydroxylation is 1. The van der Waals surface area contributed by atoms with Crippen LogP contribution in [0.2, 0.25) is 0 Å². The van der Waals surface area contributed by atoms with Crippen molar-refractivity contribution in [1.82, 2.24) is 5.32 Å². The summed E-state index contributed by atoms with van der Waals surface area (Å²) in [6, 6.07) is 12.5. The molecule has 0 spiro atoms. The van der Waals surface area contributed by atoms with E-state index < -0.39 is 0 Å². The van der Waals surface area contributed by atoms with E-state index in [0.717, 1.165) is 23.6 Å². The number of rotatable bonds is 5. The van der Waals surface area contributed by atoms with Crippen molar-refractivity contribution in [2.45, 2.75) is 13.5 Å². The van der Waals surface area contributed by atoms with Gasteiger partial charge in [0.25, 0.3) is 0 Å². The van der Waals surface area contributed by atoms with Crippen LogP contribution in [0, 0.1) is 6.92 Å². The van der Waals surface area contributed by atoms with Crippen LogP contribution < -0.4 is 14.8 Å². The Balaban J connectivity index is 2.51. The molecule has 2 rings (SSSR count). The molecule has 0 radical (unpaired) electrons. The minimum atomic E-state index is 0.803. The van der Waals surface area contributed by atoms with Gasteiger partial charge in [-0.15, -0.1) is 0 Å². The molecule has 0 amide bonds. The molecule has 0 aliphatic heterocycles. The van der Waals surface area contributed by atoms with Crippen molar-refractivity contribution in [2.24, 2.45) is 0 Å². The summed E-state index contributed by atoms with van der Waals surface area (Å²) < 4.78 is 10.7. The van der Waals surface area contributed by atoms with E-state index >= 15 is 0 Å². The zero-order valence-corrected chi connectivity index (χ0v) is 12.5. The average molecular weight is 271 g/mol. The minimum absolute atomic E-state index is 0.803. The van der Waals surface area contributed by atoms with Crippen LogP contribution in [0.15, 0.2) is 36.4 Å². The molecular weight excluding hydrogens is 250 g/mol. The molecule has 0 heterocycles. The quantitative estimate of drug-likeness (QED) is 0.904. The van der Waals surface area contributed by atoms with E-state index in [1.807, 2.05) is 25.2 Å². The van der Waals surface area contributed by atoms with Gasteiger partial charge in [-0.1, -0.05) is 12.1 Å². The fourth-order valence-electron chi connectivity index (χ4n) is 2.26. The van der Waals surface area contributed by atoms with Crippen LogP contribution >= 0.6 is 0 Å². The lowest BCUT2D eigenvalue weighted by atomic mass is 9.97. The Morgan fingerprint density at radius 3 is 2.15 bits per heavy atom. The molecule has 0 fully saturated rings. The smallest absolute Gasteiger partial charge is 0.123 e. The molecule has 0 atom stereocenters. The van der Waals surface area contributed by atoms with E-state index in [1.165, 1.54) is 16.7 Å². The van der Waals surface area contributed by atoms with E-state index in [-0.39, 0.29) is 0 Å². The maximum atomic E-state index is 5.34. The molecule has 0 aromatic heterocycles. The van der Waals surface area contributed by atoms with Crippen LogP contribution in [0.25, 0.3) is 11.1 Å². The number of methoxy groups -OCH3 is 2. The van der Waals surface area contributed by atoms with Crippen LogP contribution in [0.3, 0.4) is 0 Å². The van der Waals surface area contributed by atoms with Gasteiger partial charge in [0.15, 0.2) is 0 Å². The number of nitrogens with one attached hydrogen (secondary N) is 1. The molecule has 3 heteroatoms. The SMILES string of the molecule is CNCc1ccc(C)c(-c2cc(OC)cc(OC)c2)c1. The number of benzene rings is 2. The van der Waals surface area contributed by atoms with Crippen molar-refractivity contribution in [3.8, 4) is 22.6 Å². The van der Waals surface area contributed by atoms with E-state index in [1.54, 1.807) is 14.2 Å². The van der Waals surface area contributed by atoms with Crippen molar-refractivity contribution in [3.05, 3.63) is 47.5 Å². The lowest BCUT2D eigenvalue weighted by molar-refractivity contribution is 0.394. The normalized spacial score (nSPS) is 10.4. The Morgan fingerprint density at radius 1 is 0.950 bits per heavy atom. The van der Waals surface area contributed by atoms with Crippen molar-refractivity contribution < 1.29 is 9.47 Å². The van der Waals surface area contributed by atoms with Gasteiger partial charge in [0.2, 0.25) is 0 Å². The summed E-state index contributed by atoms with van der Waals surface area (Å²) in [5.41, 5.74) is 4.81. The second kappa shape index (κ2) is 6.44. The summed E-state index contributed by atoms with van der Waals surface area (Å²) >= 11 is 0. The maximum Gasteiger partial charge on any atom is 0.123 e. The van der Waals surface area contributed by atoms with E-state index in [4.69, 9.17) is 9.47 Å². The monoisotopic (exact) mass is 271 g/mol. The molecule has 3 nitrogen and oxygen atoms in total. The highest BCUT2D eigenvalue weighted by Gasteiger charge is 2.07. The van der Waals surface area contributed by atoms with Crippen molar-refractivity contribution in [3.63, 3.8) is 0 Å². The molecular formula is C17H21NO2. The summed E-state index contributed by atoms with van der Waals surface area (Å²) in [5, 5.41) is 3.18. The Kier molecular flexibility index (Phi) is 4.64. The first-order chi connectivity index (χ1) is 9.67. The molecule has 1 N–H and O–H groups in total. The molecule has 2 aromatic rings. The van der Waals surface area contributed by atoms with E-state index in [2.05, 4.69) is 30.4 Å². The number of ether oxygens (including phenoxy) is 2. The second-order valence-corrected chi connectivity index (χ2v) is 4.78. The first-order valence-corrected chi connectivity index (χ1v) is 6.65. The predicted molar refractivity (Wildman–Crippen MR) is 82.5 cm³/mol. The highest BCUT2D eigenvalue weighted by Crippen LogP contribution is 2.32. The van der Waals surface area contributed by atoms with Crippen molar-refractivity contribution in [1.29, 1.82) is 0 Å². The highest BCUT2D eigenvalue weighted by atomic mass is 16.5. The molecule has 0 aliphatic rings. The van der Waals surface area contributed by atoms with Crippen LogP contribution in [0.5, 0.6) is 11.5 Å². The van der Waals surface area contributed by atoms with Crippen molar-refractivity contribution >= 4 is 0 Å². The molecule has 0 bridgehead atoms. The van der Waals surface area contributed by atoms with E-state index in [0.29, 0.717) is 0 Å². The predicted octanol–water partition coefficient (Wildman–Crippen LogP) is 3.40. The van der Waals surface area contributed by atoms with E-state index in [9.17, 15) is 0 Å². The van der Waals surface area contributed by atoms with Gasteiger partial charge in [-0.05, 0) is 54.4 Å². The zero-order valence-electron chi connectivity index (χ0n) is 12.5. The number of hydrogen-bond acceptors (Lipinski definition) is 3. The Hall–Kier alpha value is -2.00. The molecule has 106 valence electrons. The third kappa shape index (κ3) is 3.11. The van der Waals surface area contributed by atoms with Crippen LogP contribution in [-0.4, -0.2) is 21.3 Å². The van der Waals surface area contributed by atoms with Gasteiger partial charge in [-0.25, -0.2) is 0 Å². The van der Waals surface area contributed by atoms with Crippen LogP contribution in [0.1, 0.15) is 11.1 Å². The number of hydrogen-bond donors (Lipinski definition) is 1. The van der Waals surface area contributed by atoms with Gasteiger partial charge in [0, 0.05) is 12.6 Å². The molecule has 0 aliphatic carbocycles. The van der Waals surface area contributed by atoms with Gasteiger partial charge in [0.05, 0.1) is 14.2 Å². The summed E-state index contributed by atoms with van der Waals surface area (Å²) in [6.07, 6.45) is 0. The van der Waals surface area contributed by atoms with Gasteiger partial charge < -0.3 is 14.8 Å². The standard InChI is InChI=1S/C17H21NO2/c1-12-5-6-13(11-18-2)7-17(12)14-8-15(19-3)10-16(9-14)20-4/h5-10,18H,11H2,1-4H3. The van der Waals surface area contributed by atoms with Gasteiger partial charge in [-0.2, -0.15) is 0 Å². The van der Waals surface area contributed by atoms with Gasteiger partial charge in [0.1, 0.15) is 11.5 Å². The van der Waals surface area contributed by atoms with Gasteiger partial charge in [-0.3, -0.25) is 0 Å². The summed E-state index contributed by atoms with van der Waals surface area (Å²) in [4.78, 5) is 0. The second-order valence-electron chi connectivity index (χ2n) is 4.78. The third-order valence-electron chi connectivity index (χ3n) is 3.35.